The van der Waals surface area contributed by atoms with Crippen molar-refractivity contribution in [3.8, 4) is 11.5 Å². The molecule has 1 amide bonds. The Morgan fingerprint density at radius 2 is 1.74 bits per heavy atom. The third-order valence-corrected chi connectivity index (χ3v) is 7.44. The molecule has 0 radical (unpaired) electrons. The molecule has 1 fully saturated rings. The Morgan fingerprint density at radius 3 is 2.39 bits per heavy atom. The van der Waals surface area contributed by atoms with Crippen molar-refractivity contribution in [1.29, 1.82) is 0 Å². The van der Waals surface area contributed by atoms with Crippen LogP contribution < -0.4 is 14.8 Å². The molecule has 1 aliphatic rings. The molecular weight excluding hydrogens is 416 g/mol. The number of benzene rings is 2. The second-order valence-corrected chi connectivity index (χ2v) is 9.67. The highest BCUT2D eigenvalue weighted by atomic mass is 32.2. The topological polar surface area (TPSA) is 84.9 Å². The van der Waals surface area contributed by atoms with Gasteiger partial charge in [0.15, 0.2) is 11.5 Å². The van der Waals surface area contributed by atoms with Crippen molar-refractivity contribution in [2.24, 2.45) is 0 Å². The summed E-state index contributed by atoms with van der Waals surface area (Å²) < 4.78 is 39.0. The van der Waals surface area contributed by atoms with E-state index in [0.29, 0.717) is 17.2 Å². The van der Waals surface area contributed by atoms with Crippen LogP contribution in [0.3, 0.4) is 0 Å². The number of rotatable bonds is 8. The van der Waals surface area contributed by atoms with Crippen LogP contribution in [-0.4, -0.2) is 45.4 Å². The molecule has 1 saturated carbocycles. The molecular formula is C23H30N2O5S. The summed E-state index contributed by atoms with van der Waals surface area (Å²) in [5, 5.41) is 2.83. The quantitative estimate of drug-likeness (QED) is 0.663. The van der Waals surface area contributed by atoms with E-state index in [4.69, 9.17) is 9.47 Å². The molecule has 2 aromatic carbocycles. The molecule has 1 aliphatic carbocycles. The lowest BCUT2D eigenvalue weighted by molar-refractivity contribution is -0.116. The summed E-state index contributed by atoms with van der Waals surface area (Å²) >= 11 is 0. The smallest absolute Gasteiger partial charge is 0.243 e. The molecule has 0 atom stereocenters. The Morgan fingerprint density at radius 1 is 1.03 bits per heavy atom. The number of aryl methyl sites for hydroxylation is 1. The number of nitrogens with zero attached hydrogens (tertiary/aromatic N) is 1. The summed E-state index contributed by atoms with van der Waals surface area (Å²) in [6, 6.07) is 11.7. The number of ether oxygens (including phenoxy) is 2. The fraction of sp³-hybridized carbons (Fsp3) is 0.435. The van der Waals surface area contributed by atoms with E-state index in [-0.39, 0.29) is 23.4 Å². The van der Waals surface area contributed by atoms with Crippen LogP contribution in [0.15, 0.2) is 47.4 Å². The van der Waals surface area contributed by atoms with Crippen molar-refractivity contribution >= 4 is 21.6 Å². The van der Waals surface area contributed by atoms with Gasteiger partial charge in [0.05, 0.1) is 25.7 Å². The number of anilines is 1. The molecule has 2 aromatic rings. The first-order valence-electron chi connectivity index (χ1n) is 10.5. The SMILES string of the molecule is COc1ccc(S(=O)(=O)N(CC(=O)Nc2cccc(C)c2)C2CCCCC2)cc1OC. The Labute approximate surface area is 184 Å². The zero-order chi connectivity index (χ0) is 22.4. The Kier molecular flexibility index (Phi) is 7.56. The zero-order valence-corrected chi connectivity index (χ0v) is 19.1. The van der Waals surface area contributed by atoms with Crippen molar-refractivity contribution in [2.45, 2.75) is 50.0 Å². The molecule has 0 heterocycles. The highest BCUT2D eigenvalue weighted by Gasteiger charge is 2.34. The van der Waals surface area contributed by atoms with E-state index in [2.05, 4.69) is 5.32 Å². The maximum absolute atomic E-state index is 13.6. The van der Waals surface area contributed by atoms with Gasteiger partial charge in [-0.3, -0.25) is 4.79 Å². The summed E-state index contributed by atoms with van der Waals surface area (Å²) in [6.07, 6.45) is 4.45. The van der Waals surface area contributed by atoms with Crippen LogP contribution in [0.25, 0.3) is 0 Å². The van der Waals surface area contributed by atoms with Gasteiger partial charge in [0.2, 0.25) is 15.9 Å². The minimum atomic E-state index is -3.92. The molecule has 0 bridgehead atoms. The Hall–Kier alpha value is -2.58. The Bertz CT molecular complexity index is 1020. The largest absolute Gasteiger partial charge is 0.493 e. The lowest BCUT2D eigenvalue weighted by atomic mass is 9.95. The number of amides is 1. The molecule has 0 unspecified atom stereocenters. The molecule has 0 saturated heterocycles. The summed E-state index contributed by atoms with van der Waals surface area (Å²) in [6.45, 7) is 1.70. The summed E-state index contributed by atoms with van der Waals surface area (Å²) in [7, 11) is -0.960. The molecule has 168 valence electrons. The lowest BCUT2D eigenvalue weighted by Gasteiger charge is -2.33. The van der Waals surface area contributed by atoms with E-state index >= 15 is 0 Å². The molecule has 0 aliphatic heterocycles. The van der Waals surface area contributed by atoms with Gasteiger partial charge in [-0.25, -0.2) is 8.42 Å². The maximum Gasteiger partial charge on any atom is 0.243 e. The number of carbonyl (C=O) groups excluding carboxylic acids is 1. The van der Waals surface area contributed by atoms with E-state index in [1.54, 1.807) is 12.1 Å². The zero-order valence-electron chi connectivity index (χ0n) is 18.3. The fourth-order valence-electron chi connectivity index (χ4n) is 3.96. The summed E-state index contributed by atoms with van der Waals surface area (Å²) in [5.74, 6) is 0.416. The summed E-state index contributed by atoms with van der Waals surface area (Å²) in [5.41, 5.74) is 1.66. The van der Waals surface area contributed by atoms with E-state index in [1.807, 2.05) is 25.1 Å². The first-order chi connectivity index (χ1) is 14.8. The number of nitrogens with one attached hydrogen (secondary N) is 1. The van der Waals surface area contributed by atoms with Gasteiger partial charge in [-0.05, 0) is 49.6 Å². The number of methoxy groups -OCH3 is 2. The van der Waals surface area contributed by atoms with Gasteiger partial charge in [-0.15, -0.1) is 0 Å². The van der Waals surface area contributed by atoms with Crippen LogP contribution in [0.2, 0.25) is 0 Å². The second kappa shape index (κ2) is 10.2. The number of sulfonamides is 1. The van der Waals surface area contributed by atoms with Crippen molar-refractivity contribution in [3.05, 3.63) is 48.0 Å². The average Bonchev–Trinajstić information content (AvgIpc) is 2.77. The highest BCUT2D eigenvalue weighted by molar-refractivity contribution is 7.89. The molecule has 1 N–H and O–H groups in total. The molecule has 0 spiro atoms. The Balaban J connectivity index is 1.89. The highest BCUT2D eigenvalue weighted by Crippen LogP contribution is 2.33. The fourth-order valence-corrected chi connectivity index (χ4v) is 5.61. The number of hydrogen-bond acceptors (Lipinski definition) is 5. The van der Waals surface area contributed by atoms with Crippen molar-refractivity contribution in [3.63, 3.8) is 0 Å². The third-order valence-electron chi connectivity index (χ3n) is 5.54. The van der Waals surface area contributed by atoms with Crippen LogP contribution in [0.5, 0.6) is 11.5 Å². The average molecular weight is 447 g/mol. The molecule has 7 nitrogen and oxygen atoms in total. The second-order valence-electron chi connectivity index (χ2n) is 7.78. The van der Waals surface area contributed by atoms with Gasteiger partial charge in [0, 0.05) is 17.8 Å². The summed E-state index contributed by atoms with van der Waals surface area (Å²) in [4.78, 5) is 12.9. The normalized spacial score (nSPS) is 15.0. The van der Waals surface area contributed by atoms with Crippen LogP contribution in [0.1, 0.15) is 37.7 Å². The maximum atomic E-state index is 13.6. The predicted molar refractivity (Wildman–Crippen MR) is 120 cm³/mol. The minimum Gasteiger partial charge on any atom is -0.493 e. The standard InChI is InChI=1S/C23H30N2O5S/c1-17-8-7-9-18(14-17)24-23(26)16-25(19-10-5-4-6-11-19)31(27,28)20-12-13-21(29-2)22(15-20)30-3/h7-9,12-15,19H,4-6,10-11,16H2,1-3H3,(H,24,26). The van der Waals surface area contributed by atoms with Gasteiger partial charge < -0.3 is 14.8 Å². The monoisotopic (exact) mass is 446 g/mol. The predicted octanol–water partition coefficient (Wildman–Crippen LogP) is 3.97. The van der Waals surface area contributed by atoms with Crippen LogP contribution in [-0.2, 0) is 14.8 Å². The van der Waals surface area contributed by atoms with Gasteiger partial charge >= 0.3 is 0 Å². The van der Waals surface area contributed by atoms with Gasteiger partial charge in [0.25, 0.3) is 0 Å². The number of carbonyl (C=O) groups is 1. The van der Waals surface area contributed by atoms with Gasteiger partial charge in [0.1, 0.15) is 0 Å². The molecule has 8 heteroatoms. The minimum absolute atomic E-state index is 0.0825. The van der Waals surface area contributed by atoms with Gasteiger partial charge in [-0.2, -0.15) is 4.31 Å². The molecule has 0 aromatic heterocycles. The molecule has 31 heavy (non-hydrogen) atoms. The number of hydrogen-bond donors (Lipinski definition) is 1. The van der Waals surface area contributed by atoms with Crippen LogP contribution >= 0.6 is 0 Å². The third kappa shape index (κ3) is 5.57. The van der Waals surface area contributed by atoms with E-state index < -0.39 is 10.0 Å². The van der Waals surface area contributed by atoms with Crippen molar-refractivity contribution < 1.29 is 22.7 Å². The van der Waals surface area contributed by atoms with Crippen molar-refractivity contribution in [1.82, 2.24) is 4.31 Å². The first kappa shape index (κ1) is 23.1. The first-order valence-corrected chi connectivity index (χ1v) is 11.9. The van der Waals surface area contributed by atoms with E-state index in [9.17, 15) is 13.2 Å². The molecule has 3 rings (SSSR count). The van der Waals surface area contributed by atoms with E-state index in [0.717, 1.165) is 37.7 Å². The van der Waals surface area contributed by atoms with Crippen LogP contribution in [0, 0.1) is 6.92 Å². The van der Waals surface area contributed by atoms with Gasteiger partial charge in [-0.1, -0.05) is 31.4 Å². The van der Waals surface area contributed by atoms with Crippen LogP contribution in [0.4, 0.5) is 5.69 Å². The van der Waals surface area contributed by atoms with Crippen molar-refractivity contribution in [2.75, 3.05) is 26.1 Å². The van der Waals surface area contributed by atoms with E-state index in [1.165, 1.54) is 30.7 Å². The lowest BCUT2D eigenvalue weighted by Crippen LogP contribution is -2.45.